The van der Waals surface area contributed by atoms with Crippen molar-refractivity contribution < 1.29 is 9.53 Å². The predicted molar refractivity (Wildman–Crippen MR) is 71.5 cm³/mol. The van der Waals surface area contributed by atoms with Gasteiger partial charge in [0.25, 0.3) is 0 Å². The monoisotopic (exact) mass is 250 g/mol. The van der Waals surface area contributed by atoms with Crippen molar-refractivity contribution in [3.05, 3.63) is 0 Å². The summed E-state index contributed by atoms with van der Waals surface area (Å²) in [6, 6.07) is 0. The average Bonchev–Trinajstić information content (AvgIpc) is 3.09. The molecule has 3 rings (SSSR count). The van der Waals surface area contributed by atoms with Crippen molar-refractivity contribution >= 4 is 5.78 Å². The largest absolute Gasteiger partial charge is 0.372 e. The summed E-state index contributed by atoms with van der Waals surface area (Å²) in [5, 5.41) is 0. The molecule has 18 heavy (non-hydrogen) atoms. The molecule has 0 amide bonds. The van der Waals surface area contributed by atoms with Gasteiger partial charge in [0, 0.05) is 12.3 Å². The molecule has 3 aliphatic rings. The maximum Gasteiger partial charge on any atom is 0.136 e. The van der Waals surface area contributed by atoms with Crippen LogP contribution in [0.2, 0.25) is 0 Å². The molecule has 0 bridgehead atoms. The van der Waals surface area contributed by atoms with Crippen LogP contribution in [0.25, 0.3) is 0 Å². The highest BCUT2D eigenvalue weighted by atomic mass is 16.5. The molecule has 0 radical (unpaired) electrons. The quantitative estimate of drug-likeness (QED) is 0.753. The normalized spacial score (nSPS) is 31.4. The van der Waals surface area contributed by atoms with Gasteiger partial charge in [0.05, 0.1) is 11.7 Å². The predicted octanol–water partition coefficient (Wildman–Crippen LogP) is 4.02. The number of ketones is 1. The zero-order valence-corrected chi connectivity index (χ0v) is 11.5. The van der Waals surface area contributed by atoms with Crippen molar-refractivity contribution in [2.45, 2.75) is 88.8 Å². The zero-order valence-electron chi connectivity index (χ0n) is 11.5. The van der Waals surface area contributed by atoms with Crippen LogP contribution in [0.5, 0.6) is 0 Å². The number of carbonyl (C=O) groups excluding carboxylic acids is 1. The van der Waals surface area contributed by atoms with Crippen molar-refractivity contribution in [1.82, 2.24) is 0 Å². The van der Waals surface area contributed by atoms with Crippen LogP contribution in [0.4, 0.5) is 0 Å². The van der Waals surface area contributed by atoms with Gasteiger partial charge in [-0.2, -0.15) is 0 Å². The Bertz CT molecular complexity index is 298. The van der Waals surface area contributed by atoms with E-state index in [-0.39, 0.29) is 5.60 Å². The van der Waals surface area contributed by atoms with Crippen molar-refractivity contribution in [2.24, 2.45) is 5.92 Å². The summed E-state index contributed by atoms with van der Waals surface area (Å²) in [5.74, 6) is 0.912. The average molecular weight is 250 g/mol. The Hall–Kier alpha value is -0.370. The van der Waals surface area contributed by atoms with E-state index in [2.05, 4.69) is 0 Å². The summed E-state index contributed by atoms with van der Waals surface area (Å²) in [6.45, 7) is 0. The second kappa shape index (κ2) is 5.32. The summed E-state index contributed by atoms with van der Waals surface area (Å²) < 4.78 is 6.27. The van der Waals surface area contributed by atoms with E-state index in [9.17, 15) is 4.79 Å². The van der Waals surface area contributed by atoms with Crippen molar-refractivity contribution in [3.8, 4) is 0 Å². The maximum absolute atomic E-state index is 12.1. The van der Waals surface area contributed by atoms with Crippen LogP contribution in [0.1, 0.15) is 77.0 Å². The maximum atomic E-state index is 12.1. The Morgan fingerprint density at radius 1 is 1.00 bits per heavy atom. The van der Waals surface area contributed by atoms with E-state index in [1.807, 2.05) is 0 Å². The van der Waals surface area contributed by atoms with Gasteiger partial charge in [0.1, 0.15) is 5.78 Å². The smallest absolute Gasteiger partial charge is 0.136 e. The van der Waals surface area contributed by atoms with Crippen molar-refractivity contribution in [1.29, 1.82) is 0 Å². The first kappa shape index (κ1) is 12.7. The Morgan fingerprint density at radius 2 is 1.72 bits per heavy atom. The fraction of sp³-hybridized carbons (Fsp3) is 0.938. The molecule has 0 N–H and O–H groups in total. The minimum absolute atomic E-state index is 0.237. The molecule has 1 heterocycles. The third kappa shape index (κ3) is 2.64. The molecule has 1 saturated heterocycles. The number of Topliss-reactive ketones (excluding diaryl/α,β-unsaturated/α-hetero) is 1. The van der Waals surface area contributed by atoms with E-state index >= 15 is 0 Å². The minimum Gasteiger partial charge on any atom is -0.372 e. The molecule has 0 aromatic heterocycles. The first-order valence-electron chi connectivity index (χ1n) is 7.98. The van der Waals surface area contributed by atoms with Gasteiger partial charge in [-0.3, -0.25) is 4.79 Å². The van der Waals surface area contributed by atoms with Gasteiger partial charge in [-0.1, -0.05) is 25.7 Å². The second-order valence-electron chi connectivity index (χ2n) is 6.66. The lowest BCUT2D eigenvalue weighted by molar-refractivity contribution is -0.123. The molecule has 2 nitrogen and oxygen atoms in total. The van der Waals surface area contributed by atoms with Crippen LogP contribution in [0.15, 0.2) is 0 Å². The van der Waals surface area contributed by atoms with Gasteiger partial charge in [-0.05, 0) is 44.9 Å². The zero-order chi connectivity index (χ0) is 12.4. The van der Waals surface area contributed by atoms with Gasteiger partial charge >= 0.3 is 0 Å². The summed E-state index contributed by atoms with van der Waals surface area (Å²) in [4.78, 5) is 12.1. The van der Waals surface area contributed by atoms with Crippen LogP contribution in [0.3, 0.4) is 0 Å². The topological polar surface area (TPSA) is 26.3 Å². The highest BCUT2D eigenvalue weighted by Crippen LogP contribution is 2.44. The molecule has 0 aromatic rings. The summed E-state index contributed by atoms with van der Waals surface area (Å²) in [6.07, 6.45) is 14.6. The van der Waals surface area contributed by atoms with Gasteiger partial charge in [-0.15, -0.1) is 0 Å². The number of carbonyl (C=O) groups is 1. The minimum atomic E-state index is 0.237. The lowest BCUT2D eigenvalue weighted by Crippen LogP contribution is -2.25. The molecule has 1 spiro atoms. The van der Waals surface area contributed by atoms with E-state index in [1.54, 1.807) is 0 Å². The van der Waals surface area contributed by atoms with E-state index < -0.39 is 0 Å². The molecular weight excluding hydrogens is 224 g/mol. The van der Waals surface area contributed by atoms with Crippen LogP contribution in [-0.2, 0) is 9.53 Å². The number of rotatable bonds is 4. The van der Waals surface area contributed by atoms with Crippen LogP contribution in [0, 0.1) is 5.92 Å². The Morgan fingerprint density at radius 3 is 2.44 bits per heavy atom. The second-order valence-corrected chi connectivity index (χ2v) is 6.66. The van der Waals surface area contributed by atoms with Crippen LogP contribution in [-0.4, -0.2) is 17.5 Å². The lowest BCUT2D eigenvalue weighted by Gasteiger charge is -2.23. The SMILES string of the molecule is O=C(CCC1CCC2(CCCC2)O1)C1CCCC1. The molecule has 102 valence electrons. The molecule has 1 unspecified atom stereocenters. The first-order valence-corrected chi connectivity index (χ1v) is 7.98. The molecule has 2 heteroatoms. The van der Waals surface area contributed by atoms with Crippen molar-refractivity contribution in [2.75, 3.05) is 0 Å². The number of ether oxygens (including phenoxy) is 1. The molecular formula is C16H26O2. The molecule has 1 aliphatic heterocycles. The number of hydrogen-bond acceptors (Lipinski definition) is 2. The van der Waals surface area contributed by atoms with E-state index in [1.165, 1.54) is 51.4 Å². The molecule has 0 aromatic carbocycles. The fourth-order valence-electron chi connectivity index (χ4n) is 4.24. The summed E-state index contributed by atoms with van der Waals surface area (Å²) in [5.41, 5.74) is 0.237. The van der Waals surface area contributed by atoms with Gasteiger partial charge in [0.2, 0.25) is 0 Å². The highest BCUT2D eigenvalue weighted by molar-refractivity contribution is 5.81. The Kier molecular flexibility index (Phi) is 3.74. The van der Waals surface area contributed by atoms with E-state index in [0.717, 1.165) is 25.7 Å². The number of hydrogen-bond donors (Lipinski definition) is 0. The lowest BCUT2D eigenvalue weighted by atomic mass is 9.95. The van der Waals surface area contributed by atoms with Gasteiger partial charge in [0.15, 0.2) is 0 Å². The van der Waals surface area contributed by atoms with E-state index in [4.69, 9.17) is 4.74 Å². The van der Waals surface area contributed by atoms with Gasteiger partial charge in [-0.25, -0.2) is 0 Å². The Balaban J connectivity index is 1.42. The third-order valence-electron chi connectivity index (χ3n) is 5.38. The van der Waals surface area contributed by atoms with Crippen molar-refractivity contribution in [3.63, 3.8) is 0 Å². The summed E-state index contributed by atoms with van der Waals surface area (Å²) in [7, 11) is 0. The molecule has 2 aliphatic carbocycles. The highest BCUT2D eigenvalue weighted by Gasteiger charge is 2.42. The molecule has 1 atom stereocenters. The summed E-state index contributed by atoms with van der Waals surface area (Å²) >= 11 is 0. The fourth-order valence-corrected chi connectivity index (χ4v) is 4.24. The van der Waals surface area contributed by atoms with Crippen LogP contribution < -0.4 is 0 Å². The standard InChI is InChI=1S/C16H26O2/c17-15(13-5-1-2-6-13)8-7-14-9-12-16(18-14)10-3-4-11-16/h13-14H,1-12H2. The van der Waals surface area contributed by atoms with E-state index in [0.29, 0.717) is 17.8 Å². The molecule has 2 saturated carbocycles. The first-order chi connectivity index (χ1) is 8.77. The van der Waals surface area contributed by atoms with Gasteiger partial charge < -0.3 is 4.74 Å². The molecule has 3 fully saturated rings. The Labute approximate surface area is 110 Å². The van der Waals surface area contributed by atoms with Crippen LogP contribution >= 0.6 is 0 Å². The third-order valence-corrected chi connectivity index (χ3v) is 5.38.